The third-order valence-electron chi connectivity index (χ3n) is 3.66. The van der Waals surface area contributed by atoms with Gasteiger partial charge in [0.2, 0.25) is 5.91 Å². The molecule has 0 bridgehead atoms. The molecule has 1 fully saturated rings. The Bertz CT molecular complexity index is 693. The smallest absolute Gasteiger partial charge is 0.274 e. The number of aromatic nitrogens is 3. The molecule has 1 N–H and O–H groups in total. The first-order valence-electron chi connectivity index (χ1n) is 7.83. The van der Waals surface area contributed by atoms with Crippen molar-refractivity contribution in [2.24, 2.45) is 0 Å². The van der Waals surface area contributed by atoms with Crippen molar-refractivity contribution in [1.29, 1.82) is 0 Å². The Morgan fingerprint density at radius 2 is 2.17 bits per heavy atom. The summed E-state index contributed by atoms with van der Waals surface area (Å²) >= 11 is 0. The molecule has 8 heteroatoms. The van der Waals surface area contributed by atoms with Gasteiger partial charge in [-0.15, -0.1) is 0 Å². The van der Waals surface area contributed by atoms with Crippen LogP contribution in [0.3, 0.4) is 0 Å². The molecule has 126 valence electrons. The van der Waals surface area contributed by atoms with E-state index in [9.17, 15) is 9.59 Å². The van der Waals surface area contributed by atoms with Crippen LogP contribution in [0.2, 0.25) is 0 Å². The van der Waals surface area contributed by atoms with E-state index in [1.807, 2.05) is 0 Å². The van der Waals surface area contributed by atoms with Gasteiger partial charge < -0.3 is 15.0 Å². The van der Waals surface area contributed by atoms with Gasteiger partial charge in [-0.05, 0) is 18.6 Å². The number of carbonyl (C=O) groups excluding carboxylic acids is 2. The Kier molecular flexibility index (Phi) is 5.17. The van der Waals surface area contributed by atoms with Gasteiger partial charge in [-0.25, -0.2) is 0 Å². The maximum Gasteiger partial charge on any atom is 0.274 e. The minimum atomic E-state index is -0.314. The summed E-state index contributed by atoms with van der Waals surface area (Å²) in [5.41, 5.74) is 0.851. The van der Waals surface area contributed by atoms with Gasteiger partial charge >= 0.3 is 0 Å². The molecule has 3 heterocycles. The first kappa shape index (κ1) is 16.1. The van der Waals surface area contributed by atoms with Crippen LogP contribution in [0.25, 0.3) is 0 Å². The molecule has 0 unspecified atom stereocenters. The van der Waals surface area contributed by atoms with Crippen LogP contribution in [-0.2, 0) is 16.1 Å². The largest absolute Gasteiger partial charge is 0.380 e. The molecule has 1 aliphatic heterocycles. The summed E-state index contributed by atoms with van der Waals surface area (Å²) in [5, 5.41) is 6.84. The van der Waals surface area contributed by atoms with Crippen molar-refractivity contribution >= 4 is 17.5 Å². The highest BCUT2D eigenvalue weighted by Crippen LogP contribution is 2.08. The van der Waals surface area contributed by atoms with E-state index < -0.39 is 0 Å². The lowest BCUT2D eigenvalue weighted by atomic mass is 10.3. The van der Waals surface area contributed by atoms with Crippen LogP contribution in [0.1, 0.15) is 16.9 Å². The molecule has 3 rings (SSSR count). The van der Waals surface area contributed by atoms with E-state index in [2.05, 4.69) is 15.4 Å². The minimum Gasteiger partial charge on any atom is -0.380 e. The Morgan fingerprint density at radius 3 is 3.00 bits per heavy atom. The second-order valence-corrected chi connectivity index (χ2v) is 5.44. The first-order chi connectivity index (χ1) is 11.7. The van der Waals surface area contributed by atoms with Crippen LogP contribution in [0.15, 0.2) is 36.8 Å². The molecule has 8 nitrogen and oxygen atoms in total. The van der Waals surface area contributed by atoms with Crippen molar-refractivity contribution in [3.05, 3.63) is 42.5 Å². The van der Waals surface area contributed by atoms with E-state index in [1.165, 1.54) is 10.9 Å². The number of carbonyl (C=O) groups is 2. The summed E-state index contributed by atoms with van der Waals surface area (Å²) in [6, 6.07) is 5.12. The molecule has 0 spiro atoms. The van der Waals surface area contributed by atoms with Gasteiger partial charge in [0.25, 0.3) is 5.91 Å². The molecule has 1 saturated heterocycles. The third-order valence-corrected chi connectivity index (χ3v) is 3.66. The van der Waals surface area contributed by atoms with Crippen LogP contribution in [-0.4, -0.2) is 57.8 Å². The van der Waals surface area contributed by atoms with Crippen molar-refractivity contribution in [1.82, 2.24) is 19.7 Å². The lowest BCUT2D eigenvalue weighted by molar-refractivity contribution is -0.132. The fourth-order valence-corrected chi connectivity index (χ4v) is 2.44. The van der Waals surface area contributed by atoms with Gasteiger partial charge in [-0.2, -0.15) is 5.10 Å². The molecule has 24 heavy (non-hydrogen) atoms. The van der Waals surface area contributed by atoms with E-state index in [0.717, 1.165) is 6.42 Å². The number of pyridine rings is 1. The number of rotatable bonds is 4. The molecule has 0 aliphatic carbocycles. The summed E-state index contributed by atoms with van der Waals surface area (Å²) in [4.78, 5) is 30.1. The molecule has 0 radical (unpaired) electrons. The van der Waals surface area contributed by atoms with E-state index in [0.29, 0.717) is 37.7 Å². The van der Waals surface area contributed by atoms with E-state index in [-0.39, 0.29) is 18.4 Å². The van der Waals surface area contributed by atoms with Crippen LogP contribution in [0.4, 0.5) is 5.69 Å². The number of hydrogen-bond donors (Lipinski definition) is 1. The second-order valence-electron chi connectivity index (χ2n) is 5.44. The zero-order valence-electron chi connectivity index (χ0n) is 13.2. The second kappa shape index (κ2) is 7.69. The van der Waals surface area contributed by atoms with E-state index >= 15 is 0 Å². The van der Waals surface area contributed by atoms with Crippen molar-refractivity contribution in [3.63, 3.8) is 0 Å². The number of nitrogens with one attached hydrogen (secondary N) is 1. The highest BCUT2D eigenvalue weighted by Gasteiger charge is 2.16. The number of ether oxygens (including phenoxy) is 1. The lowest BCUT2D eigenvalue weighted by Crippen LogP contribution is -2.35. The van der Waals surface area contributed by atoms with Crippen LogP contribution < -0.4 is 5.32 Å². The summed E-state index contributed by atoms with van der Waals surface area (Å²) in [5.74, 6) is -0.322. The van der Waals surface area contributed by atoms with E-state index in [1.54, 1.807) is 35.5 Å². The van der Waals surface area contributed by atoms with Crippen LogP contribution in [0, 0.1) is 0 Å². The fourth-order valence-electron chi connectivity index (χ4n) is 2.44. The molecule has 2 amide bonds. The minimum absolute atomic E-state index is 0.00815. The fraction of sp³-hybridized carbons (Fsp3) is 0.375. The Labute approximate surface area is 139 Å². The highest BCUT2D eigenvalue weighted by atomic mass is 16.5. The molecule has 0 aromatic carbocycles. The maximum atomic E-state index is 12.3. The Balaban J connectivity index is 1.57. The van der Waals surface area contributed by atoms with Crippen LogP contribution >= 0.6 is 0 Å². The summed E-state index contributed by atoms with van der Waals surface area (Å²) in [7, 11) is 0. The van der Waals surface area contributed by atoms with Gasteiger partial charge in [0, 0.05) is 32.1 Å². The lowest BCUT2D eigenvalue weighted by Gasteiger charge is -2.19. The van der Waals surface area contributed by atoms with Gasteiger partial charge in [-0.3, -0.25) is 19.3 Å². The van der Waals surface area contributed by atoms with Crippen molar-refractivity contribution in [3.8, 4) is 0 Å². The highest BCUT2D eigenvalue weighted by molar-refractivity contribution is 6.02. The predicted octanol–water partition coefficient (Wildman–Crippen LogP) is 0.779. The van der Waals surface area contributed by atoms with Crippen LogP contribution in [0.5, 0.6) is 0 Å². The summed E-state index contributed by atoms with van der Waals surface area (Å²) in [6.07, 6.45) is 5.55. The van der Waals surface area contributed by atoms with Gasteiger partial charge in [0.1, 0.15) is 12.2 Å². The normalized spacial score (nSPS) is 14.9. The summed E-state index contributed by atoms with van der Waals surface area (Å²) < 4.78 is 6.86. The SMILES string of the molecule is O=C(Nc1cnn(CC(=O)N2CCCOCC2)c1)c1ccccn1. The van der Waals surface area contributed by atoms with Gasteiger partial charge in [0.15, 0.2) is 0 Å². The van der Waals surface area contributed by atoms with E-state index in [4.69, 9.17) is 4.74 Å². The maximum absolute atomic E-state index is 12.3. The number of anilines is 1. The van der Waals surface area contributed by atoms with Crippen molar-refractivity contribution in [2.45, 2.75) is 13.0 Å². The molecule has 2 aromatic rings. The molecular weight excluding hydrogens is 310 g/mol. The Morgan fingerprint density at radius 1 is 1.25 bits per heavy atom. The third kappa shape index (κ3) is 4.17. The summed E-state index contributed by atoms with van der Waals surface area (Å²) in [6.45, 7) is 2.69. The standard InChI is InChI=1S/C16H19N5O3/c22-15(20-6-3-8-24-9-7-20)12-21-11-13(10-18-21)19-16(23)14-4-1-2-5-17-14/h1-2,4-5,10-11H,3,6-9,12H2,(H,19,23). The predicted molar refractivity (Wildman–Crippen MR) is 86.4 cm³/mol. The monoisotopic (exact) mass is 329 g/mol. The Hall–Kier alpha value is -2.74. The average molecular weight is 329 g/mol. The molecular formula is C16H19N5O3. The number of hydrogen-bond acceptors (Lipinski definition) is 5. The quantitative estimate of drug-likeness (QED) is 0.895. The number of nitrogens with zero attached hydrogens (tertiary/aromatic N) is 4. The molecule has 0 atom stereocenters. The average Bonchev–Trinajstić information content (AvgIpc) is 2.86. The number of amides is 2. The molecule has 2 aromatic heterocycles. The molecule has 0 saturated carbocycles. The zero-order valence-corrected chi connectivity index (χ0v) is 13.2. The first-order valence-corrected chi connectivity index (χ1v) is 7.83. The van der Waals surface area contributed by atoms with Crippen molar-refractivity contribution < 1.29 is 14.3 Å². The zero-order chi connectivity index (χ0) is 16.8. The van der Waals surface area contributed by atoms with Crippen molar-refractivity contribution in [2.75, 3.05) is 31.6 Å². The topological polar surface area (TPSA) is 89.4 Å². The van der Waals surface area contributed by atoms with Gasteiger partial charge in [0.05, 0.1) is 18.5 Å². The van der Waals surface area contributed by atoms with Gasteiger partial charge in [-0.1, -0.05) is 6.07 Å². The molecule has 1 aliphatic rings.